The number of amides is 1. The Morgan fingerprint density at radius 3 is 2.47 bits per heavy atom. The number of phosphoric ester groups is 2. The van der Waals surface area contributed by atoms with Gasteiger partial charge in [0, 0.05) is 18.7 Å². The zero-order valence-electron chi connectivity index (χ0n) is 17.7. The smallest absolute Gasteiger partial charge is 0.390 e. The molecule has 2 fully saturated rings. The van der Waals surface area contributed by atoms with E-state index in [0.717, 1.165) is 6.08 Å². The van der Waals surface area contributed by atoms with Gasteiger partial charge in [-0.05, 0) is 6.92 Å². The molecule has 0 aliphatic carbocycles. The first kappa shape index (κ1) is 27.4. The number of hydrogen-bond acceptors (Lipinski definition) is 13. The lowest BCUT2D eigenvalue weighted by molar-refractivity contribution is -0.235. The number of carbonyl (C=O) groups is 1. The molecule has 3 aliphatic rings. The van der Waals surface area contributed by atoms with Crippen LogP contribution in [0.15, 0.2) is 24.7 Å². The summed E-state index contributed by atoms with van der Waals surface area (Å²) in [6.45, 7) is 4.20. The molecule has 1 amide bonds. The topological polar surface area (TPSA) is 234 Å². The van der Waals surface area contributed by atoms with Gasteiger partial charge < -0.3 is 49.9 Å². The third-order valence-electron chi connectivity index (χ3n) is 5.04. The highest BCUT2D eigenvalue weighted by Crippen LogP contribution is 2.61. The van der Waals surface area contributed by atoms with Crippen molar-refractivity contribution in [3.05, 3.63) is 24.7 Å². The SMILES string of the molecule is C=C1NC(=O)C=CN1[C@@H]1O[C@H](COP(=O)(O)OP(=O)(O)O[C@@H]2OC(C)C[C@H](O)C2O)C(O)[C@@H]1O. The molecule has 0 spiro atoms. The van der Waals surface area contributed by atoms with Crippen LogP contribution in [0.3, 0.4) is 0 Å². The third kappa shape index (κ3) is 6.50. The van der Waals surface area contributed by atoms with Crippen LogP contribution < -0.4 is 5.32 Å². The number of ether oxygens (including phenoxy) is 2. The molecule has 7 N–H and O–H groups in total. The summed E-state index contributed by atoms with van der Waals surface area (Å²) in [4.78, 5) is 32.1. The van der Waals surface area contributed by atoms with E-state index in [1.165, 1.54) is 18.0 Å². The average molecular weight is 532 g/mol. The summed E-state index contributed by atoms with van der Waals surface area (Å²) in [5.74, 6) is -0.440. The van der Waals surface area contributed by atoms with Crippen molar-refractivity contribution in [3.8, 4) is 0 Å². The van der Waals surface area contributed by atoms with Crippen LogP contribution >= 0.6 is 15.6 Å². The minimum Gasteiger partial charge on any atom is -0.390 e. The normalized spacial score (nSPS) is 40.0. The van der Waals surface area contributed by atoms with Crippen LogP contribution in [0, 0.1) is 0 Å². The highest BCUT2D eigenvalue weighted by molar-refractivity contribution is 7.61. The standard InChI is InChI=1S/C16H26N2O14P2/c1-7-5-9(19)12(21)16(29-7)31-34(26,27)32-33(24,25)28-6-10-13(22)14(23)15(30-10)18-4-3-11(20)17-8(18)2/h3-4,7,9-10,12-16,19,21-23H,2,5-6H2,1H3,(H,17,20)(H,24,25)(H,26,27)/t7?,9-,10+,12?,13?,14-,15+,16-/m0/s1. The Bertz CT molecular complexity index is 916. The summed E-state index contributed by atoms with van der Waals surface area (Å²) in [6.07, 6.45) is -9.05. The number of phosphoric acid groups is 2. The monoisotopic (exact) mass is 532 g/mol. The number of rotatable bonds is 8. The predicted molar refractivity (Wildman–Crippen MR) is 108 cm³/mol. The second-order valence-corrected chi connectivity index (χ2v) is 10.7. The van der Waals surface area contributed by atoms with Gasteiger partial charge in [0.1, 0.15) is 30.2 Å². The van der Waals surface area contributed by atoms with Gasteiger partial charge in [0.2, 0.25) is 0 Å². The van der Waals surface area contributed by atoms with Crippen LogP contribution in [0.25, 0.3) is 0 Å². The molecule has 194 valence electrons. The molecule has 5 unspecified atom stereocenters. The minimum atomic E-state index is -5.37. The first-order valence-electron chi connectivity index (χ1n) is 9.88. The molecule has 0 radical (unpaired) electrons. The van der Waals surface area contributed by atoms with Gasteiger partial charge in [-0.1, -0.05) is 6.58 Å². The van der Waals surface area contributed by atoms with Gasteiger partial charge >= 0.3 is 15.6 Å². The molecule has 0 bridgehead atoms. The molecule has 0 aromatic carbocycles. The molecule has 34 heavy (non-hydrogen) atoms. The van der Waals surface area contributed by atoms with E-state index in [1.807, 2.05) is 0 Å². The maximum Gasteiger partial charge on any atom is 0.483 e. The lowest BCUT2D eigenvalue weighted by Gasteiger charge is -2.35. The average Bonchev–Trinajstić information content (AvgIpc) is 2.97. The van der Waals surface area contributed by atoms with Gasteiger partial charge in [0.15, 0.2) is 12.5 Å². The summed E-state index contributed by atoms with van der Waals surface area (Å²) >= 11 is 0. The largest absolute Gasteiger partial charge is 0.483 e. The van der Waals surface area contributed by atoms with E-state index in [9.17, 15) is 44.1 Å². The van der Waals surface area contributed by atoms with Crippen molar-refractivity contribution in [1.82, 2.24) is 10.2 Å². The summed E-state index contributed by atoms with van der Waals surface area (Å²) in [5.41, 5.74) is 0. The fourth-order valence-electron chi connectivity index (χ4n) is 3.41. The van der Waals surface area contributed by atoms with Gasteiger partial charge in [-0.25, -0.2) is 9.13 Å². The number of aliphatic hydroxyl groups excluding tert-OH is 4. The molecule has 18 heteroatoms. The number of nitrogens with one attached hydrogen (secondary N) is 1. The van der Waals surface area contributed by atoms with Gasteiger partial charge in [-0.2, -0.15) is 4.31 Å². The van der Waals surface area contributed by atoms with Gasteiger partial charge in [0.25, 0.3) is 5.91 Å². The van der Waals surface area contributed by atoms with Crippen LogP contribution in [-0.2, 0) is 36.8 Å². The molecular formula is C16H26N2O14P2. The van der Waals surface area contributed by atoms with Crippen molar-refractivity contribution >= 4 is 21.6 Å². The zero-order chi connectivity index (χ0) is 25.4. The first-order valence-corrected chi connectivity index (χ1v) is 12.9. The molecule has 16 nitrogen and oxygen atoms in total. The Labute approximate surface area is 193 Å². The van der Waals surface area contributed by atoms with Crippen LogP contribution in [-0.4, -0.2) is 96.8 Å². The zero-order valence-corrected chi connectivity index (χ0v) is 19.5. The second kappa shape index (κ2) is 10.4. The Morgan fingerprint density at radius 1 is 1.15 bits per heavy atom. The Hall–Kier alpha value is -1.23. The Morgan fingerprint density at radius 2 is 1.82 bits per heavy atom. The van der Waals surface area contributed by atoms with Gasteiger partial charge in [0.05, 0.1) is 18.8 Å². The van der Waals surface area contributed by atoms with Crippen molar-refractivity contribution in [1.29, 1.82) is 0 Å². The number of nitrogens with zero attached hydrogens (tertiary/aromatic N) is 1. The van der Waals surface area contributed by atoms with E-state index < -0.39 is 77.3 Å². The molecule has 0 aromatic heterocycles. The quantitative estimate of drug-likeness (QED) is 0.167. The molecule has 0 saturated carbocycles. The van der Waals surface area contributed by atoms with E-state index in [2.05, 4.69) is 25.3 Å². The van der Waals surface area contributed by atoms with Gasteiger partial charge in [-0.3, -0.25) is 13.8 Å². The molecular weight excluding hydrogens is 506 g/mol. The van der Waals surface area contributed by atoms with E-state index in [4.69, 9.17) is 9.47 Å². The number of aliphatic hydroxyl groups is 4. The van der Waals surface area contributed by atoms with E-state index >= 15 is 0 Å². The highest BCUT2D eigenvalue weighted by atomic mass is 31.3. The molecule has 2 saturated heterocycles. The van der Waals surface area contributed by atoms with E-state index in [1.54, 1.807) is 0 Å². The first-order chi connectivity index (χ1) is 15.7. The van der Waals surface area contributed by atoms with E-state index in [-0.39, 0.29) is 12.2 Å². The molecule has 10 atom stereocenters. The van der Waals surface area contributed by atoms with Crippen molar-refractivity contribution in [2.24, 2.45) is 0 Å². The van der Waals surface area contributed by atoms with Crippen molar-refractivity contribution in [3.63, 3.8) is 0 Å². The van der Waals surface area contributed by atoms with Crippen molar-refractivity contribution in [2.75, 3.05) is 6.61 Å². The fourth-order valence-corrected chi connectivity index (χ4v) is 5.56. The van der Waals surface area contributed by atoms with E-state index in [0.29, 0.717) is 0 Å². The maximum absolute atomic E-state index is 12.2. The van der Waals surface area contributed by atoms with Crippen molar-refractivity contribution < 1.29 is 67.0 Å². The lowest BCUT2D eigenvalue weighted by atomic mass is 10.0. The molecule has 0 aromatic rings. The summed E-state index contributed by atoms with van der Waals surface area (Å²) in [5, 5.41) is 42.3. The maximum atomic E-state index is 12.2. The predicted octanol–water partition coefficient (Wildman–Crippen LogP) is -2.04. The summed E-state index contributed by atoms with van der Waals surface area (Å²) in [7, 11) is -10.7. The summed E-state index contributed by atoms with van der Waals surface area (Å²) in [6, 6.07) is 0. The van der Waals surface area contributed by atoms with Crippen molar-refractivity contribution in [2.45, 2.75) is 62.5 Å². The molecule has 3 aliphatic heterocycles. The van der Waals surface area contributed by atoms with Crippen LogP contribution in [0.5, 0.6) is 0 Å². The van der Waals surface area contributed by atoms with Crippen LogP contribution in [0.4, 0.5) is 0 Å². The highest BCUT2D eigenvalue weighted by Gasteiger charge is 2.48. The number of carbonyl (C=O) groups excluding carboxylic acids is 1. The van der Waals surface area contributed by atoms with Gasteiger partial charge in [-0.15, -0.1) is 0 Å². The Kier molecular flexibility index (Phi) is 8.37. The summed E-state index contributed by atoms with van der Waals surface area (Å²) < 4.78 is 48.1. The molecule has 3 heterocycles. The lowest BCUT2D eigenvalue weighted by Crippen LogP contribution is -2.48. The second-order valence-electron chi connectivity index (χ2n) is 7.73. The van der Waals surface area contributed by atoms with Crippen LogP contribution in [0.2, 0.25) is 0 Å². The molecule has 3 rings (SSSR count). The fraction of sp³-hybridized carbons (Fsp3) is 0.688. The number of hydrogen-bond donors (Lipinski definition) is 7. The van der Waals surface area contributed by atoms with Crippen LogP contribution in [0.1, 0.15) is 13.3 Å². The third-order valence-corrected chi connectivity index (χ3v) is 7.64. The minimum absolute atomic E-state index is 0.0166. The Balaban J connectivity index is 1.57.